The summed E-state index contributed by atoms with van der Waals surface area (Å²) in [6, 6.07) is 8.05. The SMILES string of the molecule is C=C/C(=C\C)c1ccc(-n2nccn2)cc1. The molecule has 2 aromatic rings. The van der Waals surface area contributed by atoms with E-state index in [0.717, 1.165) is 16.8 Å². The van der Waals surface area contributed by atoms with Gasteiger partial charge in [-0.2, -0.15) is 15.0 Å². The summed E-state index contributed by atoms with van der Waals surface area (Å²) < 4.78 is 0. The molecule has 0 aliphatic rings. The normalized spacial score (nSPS) is 11.4. The lowest BCUT2D eigenvalue weighted by Crippen LogP contribution is -1.97. The van der Waals surface area contributed by atoms with Crippen LogP contribution in [0.3, 0.4) is 0 Å². The zero-order valence-electron chi connectivity index (χ0n) is 9.17. The van der Waals surface area contributed by atoms with Crippen molar-refractivity contribution < 1.29 is 0 Å². The molecule has 0 radical (unpaired) electrons. The Hall–Kier alpha value is -2.16. The van der Waals surface area contributed by atoms with Gasteiger partial charge in [-0.15, -0.1) is 0 Å². The van der Waals surface area contributed by atoms with E-state index in [-0.39, 0.29) is 0 Å². The molecule has 0 atom stereocenters. The maximum Gasteiger partial charge on any atom is 0.0857 e. The van der Waals surface area contributed by atoms with Crippen LogP contribution in [0.25, 0.3) is 11.3 Å². The monoisotopic (exact) mass is 211 g/mol. The minimum absolute atomic E-state index is 0.952. The number of hydrogen-bond donors (Lipinski definition) is 0. The van der Waals surface area contributed by atoms with Gasteiger partial charge in [0.25, 0.3) is 0 Å². The largest absolute Gasteiger partial charge is 0.157 e. The van der Waals surface area contributed by atoms with Gasteiger partial charge in [-0.3, -0.25) is 0 Å². The first-order valence-corrected chi connectivity index (χ1v) is 5.11. The van der Waals surface area contributed by atoms with E-state index < -0.39 is 0 Å². The number of nitrogens with zero attached hydrogens (tertiary/aromatic N) is 3. The van der Waals surface area contributed by atoms with E-state index in [1.807, 2.05) is 43.3 Å². The molecule has 0 N–H and O–H groups in total. The Morgan fingerprint density at radius 3 is 2.31 bits per heavy atom. The maximum absolute atomic E-state index is 4.07. The number of allylic oxidation sites excluding steroid dienone is 3. The zero-order valence-corrected chi connectivity index (χ0v) is 9.17. The summed E-state index contributed by atoms with van der Waals surface area (Å²) in [6.45, 7) is 5.78. The minimum Gasteiger partial charge on any atom is -0.157 e. The van der Waals surface area contributed by atoms with Crippen molar-refractivity contribution in [3.05, 3.63) is 61.0 Å². The molecule has 0 spiro atoms. The molecule has 3 heteroatoms. The van der Waals surface area contributed by atoms with Gasteiger partial charge in [-0.25, -0.2) is 0 Å². The van der Waals surface area contributed by atoms with Crippen LogP contribution in [0.2, 0.25) is 0 Å². The van der Waals surface area contributed by atoms with Gasteiger partial charge in [0.15, 0.2) is 0 Å². The van der Waals surface area contributed by atoms with Gasteiger partial charge in [0.1, 0.15) is 0 Å². The molecule has 3 nitrogen and oxygen atoms in total. The van der Waals surface area contributed by atoms with E-state index >= 15 is 0 Å². The van der Waals surface area contributed by atoms with E-state index in [1.54, 1.807) is 17.2 Å². The fraction of sp³-hybridized carbons (Fsp3) is 0.0769. The summed E-state index contributed by atoms with van der Waals surface area (Å²) in [5, 5.41) is 8.14. The van der Waals surface area contributed by atoms with Crippen LogP contribution in [0.5, 0.6) is 0 Å². The summed E-state index contributed by atoms with van der Waals surface area (Å²) in [5.74, 6) is 0. The van der Waals surface area contributed by atoms with E-state index in [4.69, 9.17) is 0 Å². The average molecular weight is 211 g/mol. The molecule has 1 aromatic carbocycles. The quantitative estimate of drug-likeness (QED) is 0.731. The Bertz CT molecular complexity index is 492. The van der Waals surface area contributed by atoms with Gasteiger partial charge in [0, 0.05) is 0 Å². The summed E-state index contributed by atoms with van der Waals surface area (Å²) in [4.78, 5) is 1.59. The highest BCUT2D eigenvalue weighted by Gasteiger charge is 1.99. The van der Waals surface area contributed by atoms with Gasteiger partial charge >= 0.3 is 0 Å². The van der Waals surface area contributed by atoms with Crippen molar-refractivity contribution >= 4 is 5.57 Å². The number of benzene rings is 1. The van der Waals surface area contributed by atoms with Crippen molar-refractivity contribution in [2.75, 3.05) is 0 Å². The molecule has 80 valence electrons. The fourth-order valence-corrected chi connectivity index (χ4v) is 1.54. The predicted molar refractivity (Wildman–Crippen MR) is 65.2 cm³/mol. The van der Waals surface area contributed by atoms with E-state index in [0.29, 0.717) is 0 Å². The van der Waals surface area contributed by atoms with Crippen molar-refractivity contribution in [3.63, 3.8) is 0 Å². The van der Waals surface area contributed by atoms with Crippen molar-refractivity contribution in [2.24, 2.45) is 0 Å². The lowest BCUT2D eigenvalue weighted by Gasteiger charge is -2.03. The van der Waals surface area contributed by atoms with Crippen LogP contribution in [0.1, 0.15) is 12.5 Å². The molecule has 0 fully saturated rings. The van der Waals surface area contributed by atoms with Gasteiger partial charge in [-0.1, -0.05) is 30.9 Å². The highest BCUT2D eigenvalue weighted by atomic mass is 15.5. The minimum atomic E-state index is 0.952. The van der Waals surface area contributed by atoms with E-state index in [9.17, 15) is 0 Å². The van der Waals surface area contributed by atoms with Gasteiger partial charge in [-0.05, 0) is 30.2 Å². The first kappa shape index (κ1) is 10.4. The van der Waals surface area contributed by atoms with Crippen LogP contribution in [0.4, 0.5) is 0 Å². The van der Waals surface area contributed by atoms with Crippen LogP contribution in [-0.4, -0.2) is 15.0 Å². The highest BCUT2D eigenvalue weighted by molar-refractivity contribution is 5.73. The highest BCUT2D eigenvalue weighted by Crippen LogP contribution is 2.16. The van der Waals surface area contributed by atoms with Crippen molar-refractivity contribution in [1.29, 1.82) is 0 Å². The molecule has 0 unspecified atom stereocenters. The molecule has 0 aliphatic carbocycles. The molecule has 0 saturated heterocycles. The van der Waals surface area contributed by atoms with Crippen LogP contribution in [-0.2, 0) is 0 Å². The van der Waals surface area contributed by atoms with Crippen LogP contribution >= 0.6 is 0 Å². The van der Waals surface area contributed by atoms with Crippen LogP contribution < -0.4 is 0 Å². The molecule has 1 heterocycles. The van der Waals surface area contributed by atoms with Crippen molar-refractivity contribution in [3.8, 4) is 5.69 Å². The first-order valence-electron chi connectivity index (χ1n) is 5.11. The first-order chi connectivity index (χ1) is 7.85. The third-order valence-corrected chi connectivity index (χ3v) is 2.38. The maximum atomic E-state index is 4.07. The van der Waals surface area contributed by atoms with Gasteiger partial charge in [0.05, 0.1) is 18.1 Å². The second-order valence-electron chi connectivity index (χ2n) is 3.31. The molecule has 0 aliphatic heterocycles. The van der Waals surface area contributed by atoms with Crippen molar-refractivity contribution in [1.82, 2.24) is 15.0 Å². The molecule has 16 heavy (non-hydrogen) atoms. The summed E-state index contributed by atoms with van der Waals surface area (Å²) in [7, 11) is 0. The molecule has 0 bridgehead atoms. The molecular weight excluding hydrogens is 198 g/mol. The van der Waals surface area contributed by atoms with E-state index in [2.05, 4.69) is 16.8 Å². The third kappa shape index (κ3) is 1.93. The molecule has 0 saturated carbocycles. The number of aromatic nitrogens is 3. The molecule has 1 aromatic heterocycles. The Morgan fingerprint density at radius 2 is 1.81 bits per heavy atom. The van der Waals surface area contributed by atoms with Crippen LogP contribution in [0.15, 0.2) is 55.4 Å². The van der Waals surface area contributed by atoms with Gasteiger partial charge < -0.3 is 0 Å². The fourth-order valence-electron chi connectivity index (χ4n) is 1.54. The second kappa shape index (κ2) is 4.57. The van der Waals surface area contributed by atoms with Crippen molar-refractivity contribution in [2.45, 2.75) is 6.92 Å². The van der Waals surface area contributed by atoms with E-state index in [1.165, 1.54) is 0 Å². The summed E-state index contributed by atoms with van der Waals surface area (Å²) in [6.07, 6.45) is 7.21. The summed E-state index contributed by atoms with van der Waals surface area (Å²) in [5.41, 5.74) is 3.22. The predicted octanol–water partition coefficient (Wildman–Crippen LogP) is 2.86. The third-order valence-electron chi connectivity index (χ3n) is 2.38. The lowest BCUT2D eigenvalue weighted by molar-refractivity contribution is 0.752. The lowest BCUT2D eigenvalue weighted by atomic mass is 10.1. The van der Waals surface area contributed by atoms with Gasteiger partial charge in [0.2, 0.25) is 0 Å². The molecule has 2 rings (SSSR count). The Balaban J connectivity index is 2.33. The average Bonchev–Trinajstić information content (AvgIpc) is 2.85. The Morgan fingerprint density at radius 1 is 1.19 bits per heavy atom. The van der Waals surface area contributed by atoms with Crippen LogP contribution in [0, 0.1) is 0 Å². The Kier molecular flexibility index (Phi) is 2.96. The smallest absolute Gasteiger partial charge is 0.0857 e. The molecular formula is C13H13N3. The summed E-state index contributed by atoms with van der Waals surface area (Å²) >= 11 is 0. The zero-order chi connectivity index (χ0) is 11.4. The topological polar surface area (TPSA) is 30.7 Å². The molecule has 0 amide bonds. The standard InChI is InChI=1S/C13H13N3/c1-3-11(4-2)12-5-7-13(8-6-12)16-14-9-10-15-16/h3-10H,1H2,2H3/b11-4+. The second-order valence-corrected chi connectivity index (χ2v) is 3.31. The number of rotatable bonds is 3. The Labute approximate surface area is 94.7 Å². The number of hydrogen-bond acceptors (Lipinski definition) is 2.